The molecule has 3 rings (SSSR count). The highest BCUT2D eigenvalue weighted by Gasteiger charge is 2.31. The number of nitrogens with zero attached hydrogens (tertiary/aromatic N) is 1. The molecule has 2 heterocycles. The van der Waals surface area contributed by atoms with Gasteiger partial charge in [-0.25, -0.2) is 0 Å². The van der Waals surface area contributed by atoms with E-state index >= 15 is 0 Å². The minimum Gasteiger partial charge on any atom is -0.311 e. The van der Waals surface area contributed by atoms with Crippen molar-refractivity contribution in [2.75, 3.05) is 13.1 Å². The first-order chi connectivity index (χ1) is 9.70. The monoisotopic (exact) mass is 336 g/mol. The van der Waals surface area contributed by atoms with Gasteiger partial charge in [0.1, 0.15) is 0 Å². The normalized spacial score (nSPS) is 28.3. The largest absolute Gasteiger partial charge is 0.311 e. The van der Waals surface area contributed by atoms with Gasteiger partial charge in [0.15, 0.2) is 0 Å². The van der Waals surface area contributed by atoms with Crippen molar-refractivity contribution in [3.8, 4) is 0 Å². The molecule has 2 fully saturated rings. The standard InChI is InChI=1S/C17H25BrN2/c1-13(11-14-4-6-15(18)7-5-14)19-16-8-10-20-9-2-3-17(20)12-16/h4-7,13,16-17,19H,2-3,8-12H2,1H3. The summed E-state index contributed by atoms with van der Waals surface area (Å²) in [5, 5.41) is 3.86. The summed E-state index contributed by atoms with van der Waals surface area (Å²) in [5.74, 6) is 0. The molecule has 110 valence electrons. The maximum Gasteiger partial charge on any atom is 0.0175 e. The van der Waals surface area contributed by atoms with Crippen molar-refractivity contribution < 1.29 is 0 Å². The lowest BCUT2D eigenvalue weighted by atomic mass is 9.96. The molecule has 3 atom stereocenters. The molecule has 0 aliphatic carbocycles. The van der Waals surface area contributed by atoms with Crippen LogP contribution in [0.1, 0.15) is 38.2 Å². The van der Waals surface area contributed by atoms with Crippen molar-refractivity contribution in [3.63, 3.8) is 0 Å². The van der Waals surface area contributed by atoms with E-state index < -0.39 is 0 Å². The van der Waals surface area contributed by atoms with Crippen LogP contribution >= 0.6 is 15.9 Å². The third-order valence-corrected chi connectivity index (χ3v) is 5.32. The molecule has 0 amide bonds. The summed E-state index contributed by atoms with van der Waals surface area (Å²) in [4.78, 5) is 2.69. The summed E-state index contributed by atoms with van der Waals surface area (Å²) in [7, 11) is 0. The van der Waals surface area contributed by atoms with Crippen LogP contribution in [-0.4, -0.2) is 36.1 Å². The van der Waals surface area contributed by atoms with Crippen LogP contribution in [0.15, 0.2) is 28.7 Å². The number of rotatable bonds is 4. The highest BCUT2D eigenvalue weighted by atomic mass is 79.9. The molecular formula is C17H25BrN2. The lowest BCUT2D eigenvalue weighted by Crippen LogP contribution is -2.48. The Morgan fingerprint density at radius 3 is 2.85 bits per heavy atom. The highest BCUT2D eigenvalue weighted by Crippen LogP contribution is 2.27. The first kappa shape index (κ1) is 14.6. The number of nitrogens with one attached hydrogen (secondary N) is 1. The van der Waals surface area contributed by atoms with Gasteiger partial charge in [-0.15, -0.1) is 0 Å². The highest BCUT2D eigenvalue weighted by molar-refractivity contribution is 9.10. The smallest absolute Gasteiger partial charge is 0.0175 e. The molecule has 2 aliphatic rings. The average Bonchev–Trinajstić information content (AvgIpc) is 2.89. The molecule has 0 aromatic heterocycles. The summed E-state index contributed by atoms with van der Waals surface area (Å²) < 4.78 is 1.16. The van der Waals surface area contributed by atoms with Gasteiger partial charge >= 0.3 is 0 Å². The Kier molecular flexibility index (Phi) is 4.79. The molecule has 0 saturated carbocycles. The van der Waals surface area contributed by atoms with E-state index in [9.17, 15) is 0 Å². The second-order valence-corrected chi connectivity index (χ2v) is 7.37. The predicted molar refractivity (Wildman–Crippen MR) is 88.1 cm³/mol. The van der Waals surface area contributed by atoms with E-state index in [1.54, 1.807) is 0 Å². The third kappa shape index (κ3) is 3.63. The zero-order valence-corrected chi connectivity index (χ0v) is 13.9. The Morgan fingerprint density at radius 2 is 2.05 bits per heavy atom. The van der Waals surface area contributed by atoms with Gasteiger partial charge in [0.25, 0.3) is 0 Å². The van der Waals surface area contributed by atoms with E-state index in [-0.39, 0.29) is 0 Å². The first-order valence-electron chi connectivity index (χ1n) is 7.95. The lowest BCUT2D eigenvalue weighted by molar-refractivity contribution is 0.162. The molecule has 2 nitrogen and oxygen atoms in total. The van der Waals surface area contributed by atoms with E-state index in [2.05, 4.69) is 57.3 Å². The third-order valence-electron chi connectivity index (χ3n) is 4.80. The Balaban J connectivity index is 1.48. The van der Waals surface area contributed by atoms with Gasteiger partial charge in [0, 0.05) is 22.6 Å². The maximum absolute atomic E-state index is 3.86. The Bertz CT molecular complexity index is 431. The molecule has 3 unspecified atom stereocenters. The number of benzene rings is 1. The maximum atomic E-state index is 3.86. The molecule has 1 aromatic carbocycles. The van der Waals surface area contributed by atoms with Crippen molar-refractivity contribution in [1.29, 1.82) is 0 Å². The van der Waals surface area contributed by atoms with Crippen molar-refractivity contribution in [2.45, 2.75) is 57.2 Å². The van der Waals surface area contributed by atoms with E-state index in [1.807, 2.05) is 0 Å². The molecule has 20 heavy (non-hydrogen) atoms. The number of hydrogen-bond donors (Lipinski definition) is 1. The van der Waals surface area contributed by atoms with E-state index in [0.717, 1.165) is 23.0 Å². The zero-order valence-electron chi connectivity index (χ0n) is 12.3. The second kappa shape index (κ2) is 6.59. The fourth-order valence-corrected chi connectivity index (χ4v) is 4.08. The Hall–Kier alpha value is -0.380. The van der Waals surface area contributed by atoms with Crippen molar-refractivity contribution in [2.24, 2.45) is 0 Å². The van der Waals surface area contributed by atoms with Crippen LogP contribution in [0, 0.1) is 0 Å². The first-order valence-corrected chi connectivity index (χ1v) is 8.74. The molecule has 2 saturated heterocycles. The Morgan fingerprint density at radius 1 is 1.25 bits per heavy atom. The minimum atomic E-state index is 0.564. The Labute approximate surface area is 131 Å². The number of halogens is 1. The summed E-state index contributed by atoms with van der Waals surface area (Å²) in [6.07, 6.45) is 6.62. The van der Waals surface area contributed by atoms with Gasteiger partial charge in [-0.2, -0.15) is 0 Å². The minimum absolute atomic E-state index is 0.564. The molecule has 3 heteroatoms. The van der Waals surface area contributed by atoms with E-state index in [4.69, 9.17) is 0 Å². The molecule has 1 N–H and O–H groups in total. The van der Waals surface area contributed by atoms with Crippen LogP contribution in [-0.2, 0) is 6.42 Å². The molecular weight excluding hydrogens is 312 g/mol. The van der Waals surface area contributed by atoms with Crippen molar-refractivity contribution in [1.82, 2.24) is 10.2 Å². The van der Waals surface area contributed by atoms with Crippen molar-refractivity contribution >= 4 is 15.9 Å². The van der Waals surface area contributed by atoms with Crippen LogP contribution < -0.4 is 5.32 Å². The van der Waals surface area contributed by atoms with Crippen LogP contribution in [0.2, 0.25) is 0 Å². The fraction of sp³-hybridized carbons (Fsp3) is 0.647. The quantitative estimate of drug-likeness (QED) is 0.903. The van der Waals surface area contributed by atoms with Crippen LogP contribution in [0.5, 0.6) is 0 Å². The topological polar surface area (TPSA) is 15.3 Å². The van der Waals surface area contributed by atoms with Crippen molar-refractivity contribution in [3.05, 3.63) is 34.3 Å². The summed E-state index contributed by atoms with van der Waals surface area (Å²) in [5.41, 5.74) is 1.42. The number of fused-ring (bicyclic) bond motifs is 1. The van der Waals surface area contributed by atoms with Crippen LogP contribution in [0.3, 0.4) is 0 Å². The SMILES string of the molecule is CC(Cc1ccc(Br)cc1)NC1CCN2CCCC2C1. The van der Waals surface area contributed by atoms with Gasteiger partial charge in [-0.3, -0.25) is 0 Å². The number of piperidine rings is 1. The lowest BCUT2D eigenvalue weighted by Gasteiger charge is -2.36. The van der Waals surface area contributed by atoms with Gasteiger partial charge in [-0.1, -0.05) is 28.1 Å². The van der Waals surface area contributed by atoms with Gasteiger partial charge in [0.2, 0.25) is 0 Å². The van der Waals surface area contributed by atoms with Gasteiger partial charge in [0.05, 0.1) is 0 Å². The molecule has 2 aliphatic heterocycles. The van der Waals surface area contributed by atoms with E-state index in [1.165, 1.54) is 44.3 Å². The van der Waals surface area contributed by atoms with Crippen LogP contribution in [0.25, 0.3) is 0 Å². The zero-order chi connectivity index (χ0) is 13.9. The molecule has 1 aromatic rings. The fourth-order valence-electron chi connectivity index (χ4n) is 3.81. The van der Waals surface area contributed by atoms with Gasteiger partial charge < -0.3 is 10.2 Å². The molecule has 0 radical (unpaired) electrons. The van der Waals surface area contributed by atoms with Crippen LogP contribution in [0.4, 0.5) is 0 Å². The average molecular weight is 337 g/mol. The number of hydrogen-bond acceptors (Lipinski definition) is 2. The second-order valence-electron chi connectivity index (χ2n) is 6.45. The summed E-state index contributed by atoms with van der Waals surface area (Å²) >= 11 is 3.50. The predicted octanol–water partition coefficient (Wildman–Crippen LogP) is 3.60. The molecule has 0 bridgehead atoms. The molecule has 0 spiro atoms. The van der Waals surface area contributed by atoms with Gasteiger partial charge in [-0.05, 0) is 69.8 Å². The summed E-state index contributed by atoms with van der Waals surface area (Å²) in [6.45, 7) is 4.96. The van der Waals surface area contributed by atoms with E-state index in [0.29, 0.717) is 6.04 Å². The summed E-state index contributed by atoms with van der Waals surface area (Å²) in [6, 6.07) is 10.9.